The van der Waals surface area contributed by atoms with Crippen molar-refractivity contribution in [2.45, 2.75) is 6.42 Å². The number of aromatic hydroxyl groups is 1. The molecule has 1 aliphatic rings. The van der Waals surface area contributed by atoms with E-state index in [1.807, 2.05) is 42.5 Å². The van der Waals surface area contributed by atoms with Crippen molar-refractivity contribution >= 4 is 27.2 Å². The van der Waals surface area contributed by atoms with Gasteiger partial charge in [-0.05, 0) is 48.9 Å². The summed E-state index contributed by atoms with van der Waals surface area (Å²) in [5, 5.41) is 10.7. The zero-order valence-electron chi connectivity index (χ0n) is 19.2. The van der Waals surface area contributed by atoms with Gasteiger partial charge < -0.3 is 19.5 Å². The average Bonchev–Trinajstić information content (AvgIpc) is 3.21. The number of rotatable bonds is 10. The van der Waals surface area contributed by atoms with Crippen LogP contribution in [-0.2, 0) is 0 Å². The minimum absolute atomic E-state index is 0.124. The normalized spacial score (nSPS) is 14.1. The lowest BCUT2D eigenvalue weighted by Crippen LogP contribution is -2.48. The molecule has 1 fully saturated rings. The number of carbonyl (C=O) groups is 1. The monoisotopic (exact) mass is 491 g/mol. The quantitative estimate of drug-likeness (QED) is 0.208. The highest BCUT2D eigenvalue weighted by molar-refractivity contribution is 7.21. The van der Waals surface area contributed by atoms with Crippen LogP contribution < -0.4 is 9.47 Å². The number of hydrogen-bond donors (Lipinski definition) is 1. The zero-order valence-corrected chi connectivity index (χ0v) is 20.0. The first kappa shape index (κ1) is 23.3. The van der Waals surface area contributed by atoms with Crippen molar-refractivity contribution in [3.63, 3.8) is 0 Å². The highest BCUT2D eigenvalue weighted by atomic mass is 32.1. The minimum Gasteiger partial charge on any atom is -0.508 e. The lowest BCUT2D eigenvalue weighted by Gasteiger charge is -2.37. The molecule has 0 unspecified atom stereocenters. The van der Waals surface area contributed by atoms with Crippen LogP contribution >= 0.6 is 11.3 Å². The van der Waals surface area contributed by atoms with Crippen molar-refractivity contribution in [2.24, 2.45) is 5.92 Å². The van der Waals surface area contributed by atoms with E-state index in [2.05, 4.69) is 4.90 Å². The van der Waals surface area contributed by atoms with Gasteiger partial charge in [-0.25, -0.2) is 0 Å². The summed E-state index contributed by atoms with van der Waals surface area (Å²) >= 11 is 1.30. The van der Waals surface area contributed by atoms with E-state index in [1.165, 1.54) is 11.3 Å². The number of phenolic OH excluding ortho intramolecular Hbond substituents is 1. The molecule has 35 heavy (non-hydrogen) atoms. The predicted octanol–water partition coefficient (Wildman–Crippen LogP) is 6.30. The number of benzene rings is 3. The molecule has 1 aliphatic heterocycles. The largest absolute Gasteiger partial charge is 0.508 e. The standard InChI is InChI=1S/C28H26FNO4S/c29-16-19-17-30(18-19)13-4-14-33-22-8-10-23(11-9-22)34-27-24-12-7-21(31)15-25(24)35-28(27)26(32)20-5-2-1-3-6-20/h1-3,5-12,15,19,31H,4,13-14,16-18H2. The van der Waals surface area contributed by atoms with Gasteiger partial charge >= 0.3 is 0 Å². The Morgan fingerprint density at radius 1 is 1.03 bits per heavy atom. The van der Waals surface area contributed by atoms with Gasteiger partial charge in [0.2, 0.25) is 5.78 Å². The molecule has 5 rings (SSSR count). The lowest BCUT2D eigenvalue weighted by molar-refractivity contribution is 0.0755. The molecule has 3 aromatic carbocycles. The minimum atomic E-state index is -0.229. The molecule has 2 heterocycles. The Kier molecular flexibility index (Phi) is 6.97. The summed E-state index contributed by atoms with van der Waals surface area (Å²) < 4.78 is 25.3. The van der Waals surface area contributed by atoms with Crippen LogP contribution in [0.3, 0.4) is 0 Å². The fourth-order valence-electron chi connectivity index (χ4n) is 4.19. The summed E-state index contributed by atoms with van der Waals surface area (Å²) in [5.74, 6) is 2.03. The molecule has 0 radical (unpaired) electrons. The van der Waals surface area contributed by atoms with Gasteiger partial charge in [-0.2, -0.15) is 0 Å². The van der Waals surface area contributed by atoms with Crippen molar-refractivity contribution in [2.75, 3.05) is 32.9 Å². The van der Waals surface area contributed by atoms with Crippen LogP contribution in [0.4, 0.5) is 4.39 Å². The molecule has 4 aromatic rings. The molecule has 1 N–H and O–H groups in total. The summed E-state index contributed by atoms with van der Waals surface area (Å²) in [7, 11) is 0. The van der Waals surface area contributed by atoms with Gasteiger partial charge in [-0.1, -0.05) is 30.3 Å². The number of likely N-dealkylation sites (tertiary alicyclic amines) is 1. The molecular formula is C28H26FNO4S. The van der Waals surface area contributed by atoms with Crippen LogP contribution in [0, 0.1) is 5.92 Å². The number of carbonyl (C=O) groups excluding carboxylic acids is 1. The number of fused-ring (bicyclic) bond motifs is 1. The number of nitrogens with zero attached hydrogens (tertiary/aromatic N) is 1. The van der Waals surface area contributed by atoms with E-state index >= 15 is 0 Å². The van der Waals surface area contributed by atoms with Gasteiger partial charge in [0.15, 0.2) is 5.75 Å². The Bertz CT molecular complexity index is 1300. The number of ether oxygens (including phenoxy) is 2. The first-order chi connectivity index (χ1) is 17.1. The third-order valence-electron chi connectivity index (χ3n) is 6.05. The number of phenols is 1. The maximum Gasteiger partial charge on any atom is 0.206 e. The Balaban J connectivity index is 1.27. The SMILES string of the molecule is O=C(c1ccccc1)c1sc2cc(O)ccc2c1Oc1ccc(OCCCN2CC(CF)C2)cc1. The van der Waals surface area contributed by atoms with Crippen molar-refractivity contribution < 1.29 is 23.8 Å². The first-order valence-electron chi connectivity index (χ1n) is 11.6. The smallest absolute Gasteiger partial charge is 0.206 e. The third kappa shape index (κ3) is 5.31. The van der Waals surface area contributed by atoms with Crippen LogP contribution in [0.15, 0.2) is 72.8 Å². The molecule has 0 bridgehead atoms. The van der Waals surface area contributed by atoms with E-state index < -0.39 is 0 Å². The average molecular weight is 492 g/mol. The second-order valence-corrected chi connectivity index (χ2v) is 9.74. The van der Waals surface area contributed by atoms with Crippen LogP contribution in [0.25, 0.3) is 10.1 Å². The molecule has 0 amide bonds. The molecular weight excluding hydrogens is 465 g/mol. The van der Waals surface area contributed by atoms with Gasteiger partial charge in [0, 0.05) is 41.2 Å². The first-order valence-corrected chi connectivity index (χ1v) is 12.5. The van der Waals surface area contributed by atoms with Gasteiger partial charge in [0.05, 0.1) is 13.3 Å². The summed E-state index contributed by atoms with van der Waals surface area (Å²) in [5.41, 5.74) is 0.579. The van der Waals surface area contributed by atoms with Gasteiger partial charge in [0.1, 0.15) is 22.1 Å². The predicted molar refractivity (Wildman–Crippen MR) is 136 cm³/mol. The molecule has 1 saturated heterocycles. The highest BCUT2D eigenvalue weighted by Crippen LogP contribution is 2.42. The van der Waals surface area contributed by atoms with Gasteiger partial charge in [-0.15, -0.1) is 11.3 Å². The summed E-state index contributed by atoms with van der Waals surface area (Å²) in [6.45, 7) is 2.96. The van der Waals surface area contributed by atoms with Crippen molar-refractivity contribution in [3.05, 3.63) is 83.2 Å². The van der Waals surface area contributed by atoms with E-state index in [9.17, 15) is 14.3 Å². The molecule has 1 aromatic heterocycles. The Morgan fingerprint density at radius 3 is 2.51 bits per heavy atom. The molecule has 0 aliphatic carbocycles. The Morgan fingerprint density at radius 2 is 1.77 bits per heavy atom. The summed E-state index contributed by atoms with van der Waals surface area (Å²) in [4.78, 5) is 16.0. The second-order valence-electron chi connectivity index (χ2n) is 8.69. The molecule has 7 heteroatoms. The van der Waals surface area contributed by atoms with Crippen molar-refractivity contribution in [1.29, 1.82) is 0 Å². The maximum absolute atomic E-state index is 13.2. The molecule has 180 valence electrons. The number of hydrogen-bond acceptors (Lipinski definition) is 6. The topological polar surface area (TPSA) is 59.0 Å². The third-order valence-corrected chi connectivity index (χ3v) is 7.18. The molecule has 5 nitrogen and oxygen atoms in total. The molecule has 0 spiro atoms. The van der Waals surface area contributed by atoms with E-state index in [4.69, 9.17) is 9.47 Å². The number of halogens is 1. The Hall–Kier alpha value is -3.42. The van der Waals surface area contributed by atoms with E-state index in [-0.39, 0.29) is 24.1 Å². The lowest BCUT2D eigenvalue weighted by atomic mass is 10.0. The highest BCUT2D eigenvalue weighted by Gasteiger charge is 2.25. The van der Waals surface area contributed by atoms with Crippen LogP contribution in [0.5, 0.6) is 23.0 Å². The van der Waals surface area contributed by atoms with Crippen LogP contribution in [0.2, 0.25) is 0 Å². The number of alkyl halides is 1. The fraction of sp³-hybridized carbons (Fsp3) is 0.250. The molecule has 0 saturated carbocycles. The van der Waals surface area contributed by atoms with Crippen LogP contribution in [0.1, 0.15) is 21.7 Å². The number of ketones is 1. The summed E-state index contributed by atoms with van der Waals surface area (Å²) in [6.07, 6.45) is 0.885. The van der Waals surface area contributed by atoms with Crippen molar-refractivity contribution in [3.8, 4) is 23.0 Å². The van der Waals surface area contributed by atoms with E-state index in [0.717, 1.165) is 41.9 Å². The maximum atomic E-state index is 13.2. The zero-order chi connectivity index (χ0) is 24.2. The van der Waals surface area contributed by atoms with E-state index in [0.29, 0.717) is 28.5 Å². The van der Waals surface area contributed by atoms with Crippen molar-refractivity contribution in [1.82, 2.24) is 4.90 Å². The molecule has 0 atom stereocenters. The summed E-state index contributed by atoms with van der Waals surface area (Å²) in [6, 6.07) is 21.4. The van der Waals surface area contributed by atoms with Crippen LogP contribution in [-0.4, -0.2) is 48.7 Å². The van der Waals surface area contributed by atoms with Gasteiger partial charge in [-0.3, -0.25) is 9.18 Å². The number of thiophene rings is 1. The fourth-order valence-corrected chi connectivity index (χ4v) is 5.32. The van der Waals surface area contributed by atoms with E-state index in [1.54, 1.807) is 30.3 Å². The Labute approximate surface area is 207 Å². The van der Waals surface area contributed by atoms with Gasteiger partial charge in [0.25, 0.3) is 0 Å². The second kappa shape index (κ2) is 10.5.